The second-order valence-electron chi connectivity index (χ2n) is 5.04. The van der Waals surface area contributed by atoms with Crippen LogP contribution in [-0.2, 0) is 11.2 Å². The fraction of sp³-hybridized carbons (Fsp3) is 0.588. The zero-order chi connectivity index (χ0) is 16.9. The van der Waals surface area contributed by atoms with E-state index in [0.717, 1.165) is 32.6 Å². The Morgan fingerprint density at radius 3 is 2.46 bits per heavy atom. The molecule has 24 heavy (non-hydrogen) atoms. The summed E-state index contributed by atoms with van der Waals surface area (Å²) in [6.07, 6.45) is 2.18. The molecule has 0 fully saturated rings. The first-order valence-electron chi connectivity index (χ1n) is 8.21. The first-order chi connectivity index (χ1) is 11.2. The third-order valence-corrected chi connectivity index (χ3v) is 3.24. The number of nitrogens with one attached hydrogen (secondary N) is 2. The highest BCUT2D eigenvalue weighted by molar-refractivity contribution is 14.0. The van der Waals surface area contributed by atoms with Crippen LogP contribution in [0.15, 0.2) is 23.2 Å². The molecule has 138 valence electrons. The van der Waals surface area contributed by atoms with Crippen molar-refractivity contribution in [3.63, 3.8) is 0 Å². The van der Waals surface area contributed by atoms with Gasteiger partial charge >= 0.3 is 0 Å². The van der Waals surface area contributed by atoms with Crippen molar-refractivity contribution in [2.24, 2.45) is 4.99 Å². The van der Waals surface area contributed by atoms with Crippen LogP contribution in [0.2, 0.25) is 0 Å². The number of rotatable bonds is 10. The highest BCUT2D eigenvalue weighted by Crippen LogP contribution is 2.11. The lowest BCUT2D eigenvalue weighted by Crippen LogP contribution is -2.38. The number of halogens is 3. The molecule has 0 heterocycles. The lowest BCUT2D eigenvalue weighted by molar-refractivity contribution is 0.144. The Morgan fingerprint density at radius 2 is 1.83 bits per heavy atom. The Kier molecular flexibility index (Phi) is 13.8. The van der Waals surface area contributed by atoms with Gasteiger partial charge in [-0.15, -0.1) is 24.0 Å². The number of guanidine groups is 1. The molecule has 0 spiro atoms. The molecule has 0 aliphatic heterocycles. The van der Waals surface area contributed by atoms with Gasteiger partial charge in [0.15, 0.2) is 5.96 Å². The number of unbranched alkanes of at least 4 members (excludes halogenated alkanes) is 1. The average molecular weight is 455 g/mol. The van der Waals surface area contributed by atoms with Gasteiger partial charge < -0.3 is 15.4 Å². The molecule has 0 aliphatic carbocycles. The summed E-state index contributed by atoms with van der Waals surface area (Å²) in [4.78, 5) is 4.44. The fourth-order valence-corrected chi connectivity index (χ4v) is 2.07. The van der Waals surface area contributed by atoms with Crippen molar-refractivity contribution in [3.8, 4) is 0 Å². The quantitative estimate of drug-likeness (QED) is 0.246. The van der Waals surface area contributed by atoms with E-state index in [1.807, 2.05) is 13.8 Å². The van der Waals surface area contributed by atoms with E-state index in [2.05, 4.69) is 15.6 Å². The van der Waals surface area contributed by atoms with Crippen LogP contribution in [-0.4, -0.2) is 38.8 Å². The minimum atomic E-state index is -0.510. The maximum atomic E-state index is 13.5. The molecule has 4 nitrogen and oxygen atoms in total. The average Bonchev–Trinajstić information content (AvgIpc) is 2.53. The number of benzene rings is 1. The topological polar surface area (TPSA) is 45.7 Å². The summed E-state index contributed by atoms with van der Waals surface area (Å²) in [5.74, 6) is -0.352. The molecule has 0 amide bonds. The van der Waals surface area contributed by atoms with Crippen LogP contribution in [0.5, 0.6) is 0 Å². The first kappa shape index (κ1) is 23.0. The smallest absolute Gasteiger partial charge is 0.191 e. The number of nitrogens with zero attached hydrogens (tertiary/aromatic N) is 1. The van der Waals surface area contributed by atoms with Crippen molar-refractivity contribution in [3.05, 3.63) is 35.4 Å². The van der Waals surface area contributed by atoms with Crippen molar-refractivity contribution < 1.29 is 13.5 Å². The van der Waals surface area contributed by atoms with E-state index in [9.17, 15) is 8.78 Å². The van der Waals surface area contributed by atoms with E-state index in [1.165, 1.54) is 18.2 Å². The lowest BCUT2D eigenvalue weighted by atomic mass is 10.1. The van der Waals surface area contributed by atoms with Crippen LogP contribution < -0.4 is 10.6 Å². The SMILES string of the molecule is CCNC(=NCCCCOCC)NCCc1c(F)cccc1F.I. The van der Waals surface area contributed by atoms with Gasteiger partial charge in [0.1, 0.15) is 11.6 Å². The summed E-state index contributed by atoms with van der Waals surface area (Å²) in [5, 5.41) is 6.22. The van der Waals surface area contributed by atoms with Crippen molar-refractivity contribution in [2.45, 2.75) is 33.1 Å². The summed E-state index contributed by atoms with van der Waals surface area (Å²) >= 11 is 0. The van der Waals surface area contributed by atoms with E-state index < -0.39 is 11.6 Å². The Bertz CT molecular complexity index is 467. The summed E-state index contributed by atoms with van der Waals surface area (Å²) in [6, 6.07) is 3.92. The van der Waals surface area contributed by atoms with Crippen LogP contribution in [0.25, 0.3) is 0 Å². The van der Waals surface area contributed by atoms with E-state index in [-0.39, 0.29) is 36.0 Å². The van der Waals surface area contributed by atoms with Crippen LogP contribution in [0.4, 0.5) is 8.78 Å². The molecule has 0 atom stereocenters. The van der Waals surface area contributed by atoms with Crippen LogP contribution in [0, 0.1) is 11.6 Å². The highest BCUT2D eigenvalue weighted by Gasteiger charge is 2.08. The largest absolute Gasteiger partial charge is 0.382 e. The van der Waals surface area contributed by atoms with Crippen LogP contribution >= 0.6 is 24.0 Å². The predicted octanol–water partition coefficient (Wildman–Crippen LogP) is 3.50. The van der Waals surface area contributed by atoms with Gasteiger partial charge in [-0.1, -0.05) is 6.07 Å². The normalized spacial score (nSPS) is 11.1. The molecule has 0 radical (unpaired) electrons. The third kappa shape index (κ3) is 9.36. The Hall–Kier alpha value is -0.960. The molecule has 0 saturated carbocycles. The first-order valence-corrected chi connectivity index (χ1v) is 8.21. The van der Waals surface area contributed by atoms with Gasteiger partial charge in [0.25, 0.3) is 0 Å². The van der Waals surface area contributed by atoms with Crippen LogP contribution in [0.3, 0.4) is 0 Å². The second kappa shape index (κ2) is 14.4. The summed E-state index contributed by atoms with van der Waals surface area (Å²) in [7, 11) is 0. The van der Waals surface area contributed by atoms with Gasteiger partial charge in [0.05, 0.1) is 0 Å². The monoisotopic (exact) mass is 455 g/mol. The Balaban J connectivity index is 0.00000529. The second-order valence-corrected chi connectivity index (χ2v) is 5.04. The van der Waals surface area contributed by atoms with E-state index in [4.69, 9.17) is 4.74 Å². The molecule has 2 N–H and O–H groups in total. The molecular weight excluding hydrogens is 427 g/mol. The van der Waals surface area contributed by atoms with Gasteiger partial charge in [0.2, 0.25) is 0 Å². The fourth-order valence-electron chi connectivity index (χ4n) is 2.07. The number of aliphatic imine (C=N–C) groups is 1. The van der Waals surface area contributed by atoms with Crippen molar-refractivity contribution >= 4 is 29.9 Å². The van der Waals surface area contributed by atoms with E-state index >= 15 is 0 Å². The number of hydrogen-bond acceptors (Lipinski definition) is 2. The molecular formula is C17H28F2IN3O. The Morgan fingerprint density at radius 1 is 1.12 bits per heavy atom. The van der Waals surface area contributed by atoms with Crippen molar-refractivity contribution in [1.29, 1.82) is 0 Å². The van der Waals surface area contributed by atoms with Crippen LogP contribution in [0.1, 0.15) is 32.3 Å². The maximum Gasteiger partial charge on any atom is 0.191 e. The predicted molar refractivity (Wildman–Crippen MR) is 105 cm³/mol. The van der Waals surface area contributed by atoms with Gasteiger partial charge in [-0.25, -0.2) is 8.78 Å². The summed E-state index contributed by atoms with van der Waals surface area (Å²) in [5.41, 5.74) is 0.104. The molecule has 1 rings (SSSR count). The summed E-state index contributed by atoms with van der Waals surface area (Å²) in [6.45, 7) is 7.28. The molecule has 0 bridgehead atoms. The van der Waals surface area contributed by atoms with Crippen molar-refractivity contribution in [2.75, 3.05) is 32.8 Å². The zero-order valence-electron chi connectivity index (χ0n) is 14.4. The van der Waals surface area contributed by atoms with E-state index in [1.54, 1.807) is 0 Å². The minimum absolute atomic E-state index is 0. The standard InChI is InChI=1S/C17H27F2N3O.HI/c1-3-20-17(21-11-5-6-13-23-4-2)22-12-10-14-15(18)8-7-9-16(14)19;/h7-9H,3-6,10-13H2,1-2H3,(H2,20,21,22);1H. The Labute approximate surface area is 160 Å². The molecule has 1 aromatic rings. The van der Waals surface area contributed by atoms with Gasteiger partial charge in [-0.2, -0.15) is 0 Å². The molecule has 0 aliphatic rings. The number of ether oxygens (including phenoxy) is 1. The number of hydrogen-bond donors (Lipinski definition) is 2. The zero-order valence-corrected chi connectivity index (χ0v) is 16.7. The molecule has 1 aromatic carbocycles. The van der Waals surface area contributed by atoms with Gasteiger partial charge in [0, 0.05) is 38.4 Å². The summed E-state index contributed by atoms with van der Waals surface area (Å²) < 4.78 is 32.4. The molecule has 7 heteroatoms. The minimum Gasteiger partial charge on any atom is -0.382 e. The van der Waals surface area contributed by atoms with Gasteiger partial charge in [-0.3, -0.25) is 4.99 Å². The highest BCUT2D eigenvalue weighted by atomic mass is 127. The maximum absolute atomic E-state index is 13.5. The van der Waals surface area contributed by atoms with E-state index in [0.29, 0.717) is 19.0 Å². The molecule has 0 saturated heterocycles. The third-order valence-electron chi connectivity index (χ3n) is 3.24. The van der Waals surface area contributed by atoms with Gasteiger partial charge in [-0.05, 0) is 45.2 Å². The molecule has 0 unspecified atom stereocenters. The lowest BCUT2D eigenvalue weighted by Gasteiger charge is -2.12. The molecule has 0 aromatic heterocycles. The van der Waals surface area contributed by atoms with Crippen molar-refractivity contribution in [1.82, 2.24) is 10.6 Å².